The number of hydrogen-bond acceptors (Lipinski definition) is 5. The first kappa shape index (κ1) is 21.1. The van der Waals surface area contributed by atoms with Gasteiger partial charge in [0.15, 0.2) is 0 Å². The molecule has 1 rings (SSSR count). The molecule has 0 unspecified atom stereocenters. The summed E-state index contributed by atoms with van der Waals surface area (Å²) in [4.78, 5) is 10.4. The molecule has 6 heteroatoms. The van der Waals surface area contributed by atoms with Gasteiger partial charge < -0.3 is 25.2 Å². The molecule has 0 aromatic carbocycles. The van der Waals surface area contributed by atoms with Gasteiger partial charge in [0.1, 0.15) is 0 Å². The van der Waals surface area contributed by atoms with Gasteiger partial charge in [-0.2, -0.15) is 0 Å². The maximum absolute atomic E-state index is 10.4. The van der Waals surface area contributed by atoms with Gasteiger partial charge in [0.05, 0.1) is 30.5 Å². The molecule has 24 heavy (non-hydrogen) atoms. The molecule has 0 aliphatic carbocycles. The normalized spacial score (nSPS) is 26.8. The second-order valence-electron chi connectivity index (χ2n) is 6.57. The fourth-order valence-corrected chi connectivity index (χ4v) is 2.90. The molecule has 0 aromatic rings. The monoisotopic (exact) mass is 344 g/mol. The summed E-state index contributed by atoms with van der Waals surface area (Å²) >= 11 is 0. The molecule has 1 fully saturated rings. The quantitative estimate of drug-likeness (QED) is 0.319. The summed E-state index contributed by atoms with van der Waals surface area (Å²) < 4.78 is 5.75. The zero-order chi connectivity index (χ0) is 17.9. The number of aliphatic hydroxyl groups is 3. The molecule has 0 bridgehead atoms. The molecule has 0 saturated carbocycles. The average Bonchev–Trinajstić information content (AvgIpc) is 2.92. The smallest absolute Gasteiger partial charge is 0.303 e. The van der Waals surface area contributed by atoms with Gasteiger partial charge in [0.25, 0.3) is 0 Å². The van der Waals surface area contributed by atoms with Crippen molar-refractivity contribution in [2.45, 2.75) is 95.2 Å². The lowest BCUT2D eigenvalue weighted by atomic mass is 10.0. The van der Waals surface area contributed by atoms with E-state index in [1.165, 1.54) is 6.08 Å². The minimum Gasteiger partial charge on any atom is -0.481 e. The van der Waals surface area contributed by atoms with Crippen LogP contribution in [0.25, 0.3) is 0 Å². The van der Waals surface area contributed by atoms with E-state index >= 15 is 0 Å². The van der Waals surface area contributed by atoms with Gasteiger partial charge in [-0.25, -0.2) is 0 Å². The highest BCUT2D eigenvalue weighted by Gasteiger charge is 2.36. The first-order chi connectivity index (χ1) is 11.4. The summed E-state index contributed by atoms with van der Waals surface area (Å²) in [7, 11) is 0. The van der Waals surface area contributed by atoms with Crippen LogP contribution in [0.15, 0.2) is 12.2 Å². The first-order valence-corrected chi connectivity index (χ1v) is 9.03. The SMILES string of the molecule is CC[C@@H](O)/C=C/[C@H](O)[C@@H]1C[C@@H](O)[C@@H](CCCCCCCC(=O)O)O1. The maximum atomic E-state index is 10.4. The van der Waals surface area contributed by atoms with Crippen LogP contribution in [0.3, 0.4) is 0 Å². The van der Waals surface area contributed by atoms with Crippen LogP contribution in [0.5, 0.6) is 0 Å². The van der Waals surface area contributed by atoms with E-state index in [9.17, 15) is 20.1 Å². The Balaban J connectivity index is 2.19. The number of aliphatic carboxylic acids is 1. The number of ether oxygens (including phenoxy) is 1. The van der Waals surface area contributed by atoms with Gasteiger partial charge in [0.2, 0.25) is 0 Å². The van der Waals surface area contributed by atoms with Crippen molar-refractivity contribution in [1.29, 1.82) is 0 Å². The summed E-state index contributed by atoms with van der Waals surface area (Å²) in [5.41, 5.74) is 0. The van der Waals surface area contributed by atoms with E-state index in [4.69, 9.17) is 9.84 Å². The van der Waals surface area contributed by atoms with Crippen molar-refractivity contribution in [3.8, 4) is 0 Å². The van der Waals surface area contributed by atoms with E-state index in [1.807, 2.05) is 6.92 Å². The molecule has 6 nitrogen and oxygen atoms in total. The summed E-state index contributed by atoms with van der Waals surface area (Å²) in [5, 5.41) is 38.1. The lowest BCUT2D eigenvalue weighted by Crippen LogP contribution is -2.25. The van der Waals surface area contributed by atoms with Crippen LogP contribution in [-0.2, 0) is 9.53 Å². The number of unbranched alkanes of at least 4 members (excludes halogenated alkanes) is 4. The van der Waals surface area contributed by atoms with E-state index in [1.54, 1.807) is 6.08 Å². The number of rotatable bonds is 12. The summed E-state index contributed by atoms with van der Waals surface area (Å²) in [6.45, 7) is 1.86. The standard InChI is InChI=1S/C18H32O6/c1-2-13(19)10-11-14(20)17-12-15(21)16(24-17)8-6-4-3-5-7-9-18(22)23/h10-11,13-17,19-21H,2-9,12H2,1H3,(H,22,23)/b11-10+/t13-,14+,15-,16-,17+/m1/s1. The molecule has 4 N–H and O–H groups in total. The van der Waals surface area contributed by atoms with E-state index < -0.39 is 30.4 Å². The van der Waals surface area contributed by atoms with Crippen molar-refractivity contribution in [3.05, 3.63) is 12.2 Å². The zero-order valence-corrected chi connectivity index (χ0v) is 14.5. The Bertz CT molecular complexity index is 384. The molecular formula is C18H32O6. The van der Waals surface area contributed by atoms with Crippen molar-refractivity contribution >= 4 is 5.97 Å². The van der Waals surface area contributed by atoms with E-state index in [0.29, 0.717) is 19.3 Å². The number of carboxylic acids is 1. The number of carboxylic acid groups (broad SMARTS) is 1. The molecule has 1 heterocycles. The third-order valence-corrected chi connectivity index (χ3v) is 4.46. The van der Waals surface area contributed by atoms with E-state index in [-0.39, 0.29) is 12.5 Å². The highest BCUT2D eigenvalue weighted by atomic mass is 16.5. The molecule has 1 aliphatic rings. The summed E-state index contributed by atoms with van der Waals surface area (Å²) in [5.74, 6) is -0.748. The fraction of sp³-hybridized carbons (Fsp3) is 0.833. The minimum absolute atomic E-state index is 0.226. The summed E-state index contributed by atoms with van der Waals surface area (Å²) in [6, 6.07) is 0. The highest BCUT2D eigenvalue weighted by molar-refractivity contribution is 5.66. The number of aliphatic hydroxyl groups excluding tert-OH is 3. The van der Waals surface area contributed by atoms with Crippen molar-refractivity contribution in [3.63, 3.8) is 0 Å². The Morgan fingerprint density at radius 3 is 2.50 bits per heavy atom. The molecule has 0 aromatic heterocycles. The second kappa shape index (κ2) is 11.6. The second-order valence-corrected chi connectivity index (χ2v) is 6.57. The molecule has 140 valence electrons. The first-order valence-electron chi connectivity index (χ1n) is 9.03. The molecule has 1 saturated heterocycles. The van der Waals surface area contributed by atoms with Crippen LogP contribution in [0.2, 0.25) is 0 Å². The lowest BCUT2D eigenvalue weighted by Gasteiger charge is -2.17. The third kappa shape index (κ3) is 8.24. The molecule has 0 spiro atoms. The molecular weight excluding hydrogens is 312 g/mol. The Morgan fingerprint density at radius 1 is 1.17 bits per heavy atom. The molecule has 5 atom stereocenters. The summed E-state index contributed by atoms with van der Waals surface area (Å²) in [6.07, 6.45) is 6.93. The topological polar surface area (TPSA) is 107 Å². The van der Waals surface area contributed by atoms with Gasteiger partial charge in [-0.1, -0.05) is 44.8 Å². The maximum Gasteiger partial charge on any atom is 0.303 e. The van der Waals surface area contributed by atoms with Gasteiger partial charge in [0, 0.05) is 12.8 Å². The minimum atomic E-state index is -0.818. The Hall–Kier alpha value is -0.950. The van der Waals surface area contributed by atoms with Crippen molar-refractivity contribution in [2.24, 2.45) is 0 Å². The van der Waals surface area contributed by atoms with Crippen molar-refractivity contribution in [1.82, 2.24) is 0 Å². The van der Waals surface area contributed by atoms with Crippen LogP contribution in [0.4, 0.5) is 0 Å². The predicted octanol–water partition coefficient (Wildman–Crippen LogP) is 2.01. The highest BCUT2D eigenvalue weighted by Crippen LogP contribution is 2.27. The molecule has 0 amide bonds. The van der Waals surface area contributed by atoms with Crippen molar-refractivity contribution < 1.29 is 30.0 Å². The van der Waals surface area contributed by atoms with Gasteiger partial charge >= 0.3 is 5.97 Å². The number of hydrogen-bond donors (Lipinski definition) is 4. The van der Waals surface area contributed by atoms with Crippen LogP contribution in [0.1, 0.15) is 64.7 Å². The van der Waals surface area contributed by atoms with Crippen LogP contribution >= 0.6 is 0 Å². The lowest BCUT2D eigenvalue weighted by molar-refractivity contribution is -0.137. The van der Waals surface area contributed by atoms with Gasteiger partial charge in [-0.3, -0.25) is 4.79 Å². The Kier molecular flexibility index (Phi) is 10.2. The van der Waals surface area contributed by atoms with Crippen molar-refractivity contribution in [2.75, 3.05) is 0 Å². The van der Waals surface area contributed by atoms with Crippen LogP contribution < -0.4 is 0 Å². The predicted molar refractivity (Wildman–Crippen MR) is 90.7 cm³/mol. The van der Waals surface area contributed by atoms with E-state index in [2.05, 4.69) is 0 Å². The third-order valence-electron chi connectivity index (χ3n) is 4.46. The number of carbonyl (C=O) groups is 1. The largest absolute Gasteiger partial charge is 0.481 e. The Labute approximate surface area is 144 Å². The average molecular weight is 344 g/mol. The Morgan fingerprint density at radius 2 is 1.83 bits per heavy atom. The van der Waals surface area contributed by atoms with Crippen LogP contribution in [-0.4, -0.2) is 56.9 Å². The molecule has 0 radical (unpaired) electrons. The zero-order valence-electron chi connectivity index (χ0n) is 14.5. The van der Waals surface area contributed by atoms with Crippen LogP contribution in [0, 0.1) is 0 Å². The van der Waals surface area contributed by atoms with Gasteiger partial charge in [-0.05, 0) is 19.3 Å². The molecule has 1 aliphatic heterocycles. The fourth-order valence-electron chi connectivity index (χ4n) is 2.90. The van der Waals surface area contributed by atoms with E-state index in [0.717, 1.165) is 32.1 Å². The van der Waals surface area contributed by atoms with Gasteiger partial charge in [-0.15, -0.1) is 0 Å².